The number of ketones is 1. The molecule has 202 valence electrons. The highest BCUT2D eigenvalue weighted by Crippen LogP contribution is 2.39. The number of phenolic OH excluding ortho intramolecular Hbond substituents is 1. The maximum Gasteiger partial charge on any atom is 0.295 e. The molecule has 3 aromatic carbocycles. The lowest BCUT2D eigenvalue weighted by molar-refractivity contribution is -0.140. The van der Waals surface area contributed by atoms with Crippen molar-refractivity contribution >= 4 is 17.4 Å². The summed E-state index contributed by atoms with van der Waals surface area (Å²) in [7, 11) is 0. The zero-order chi connectivity index (χ0) is 27.4. The summed E-state index contributed by atoms with van der Waals surface area (Å²) in [6.07, 6.45) is 0. The molecule has 1 amide bonds. The molecule has 2 saturated heterocycles. The number of aryl methyl sites for hydroxylation is 1. The van der Waals surface area contributed by atoms with Crippen molar-refractivity contribution < 1.29 is 29.3 Å². The number of ether oxygens (including phenoxy) is 2. The fourth-order valence-corrected chi connectivity index (χ4v) is 4.99. The average Bonchev–Trinajstić information content (AvgIpc) is 3.21. The minimum Gasteiger partial charge on any atom is -0.508 e. The van der Waals surface area contributed by atoms with Gasteiger partial charge in [0.25, 0.3) is 11.7 Å². The van der Waals surface area contributed by atoms with Crippen molar-refractivity contribution in [2.75, 3.05) is 39.4 Å². The first-order chi connectivity index (χ1) is 18.9. The van der Waals surface area contributed by atoms with Gasteiger partial charge in [-0.1, -0.05) is 36.4 Å². The molecule has 2 N–H and O–H groups in total. The van der Waals surface area contributed by atoms with E-state index in [0.717, 1.165) is 24.2 Å². The number of carbonyl (C=O) groups excluding carboxylic acids is 2. The first-order valence-corrected chi connectivity index (χ1v) is 13.1. The van der Waals surface area contributed by atoms with Gasteiger partial charge in [-0.25, -0.2) is 0 Å². The molecule has 2 aliphatic rings. The van der Waals surface area contributed by atoms with Crippen LogP contribution in [0.5, 0.6) is 11.5 Å². The minimum atomic E-state index is -0.774. The fourth-order valence-electron chi connectivity index (χ4n) is 4.99. The summed E-state index contributed by atoms with van der Waals surface area (Å²) in [6.45, 7) is 6.11. The largest absolute Gasteiger partial charge is 0.508 e. The Morgan fingerprint density at radius 2 is 1.64 bits per heavy atom. The summed E-state index contributed by atoms with van der Waals surface area (Å²) >= 11 is 0. The fraction of sp³-hybridized carbons (Fsp3) is 0.290. The highest BCUT2D eigenvalue weighted by molar-refractivity contribution is 6.46. The number of aromatic hydroxyl groups is 1. The van der Waals surface area contributed by atoms with Crippen molar-refractivity contribution in [2.24, 2.45) is 0 Å². The Hall–Kier alpha value is -4.14. The van der Waals surface area contributed by atoms with E-state index < -0.39 is 17.7 Å². The highest BCUT2D eigenvalue weighted by atomic mass is 16.5. The van der Waals surface area contributed by atoms with E-state index in [-0.39, 0.29) is 17.1 Å². The predicted molar refractivity (Wildman–Crippen MR) is 146 cm³/mol. The number of nitrogens with zero attached hydrogens (tertiary/aromatic N) is 2. The van der Waals surface area contributed by atoms with Gasteiger partial charge in [-0.05, 0) is 60.0 Å². The zero-order valence-electron chi connectivity index (χ0n) is 21.9. The third-order valence-corrected chi connectivity index (χ3v) is 7.29. The first-order valence-electron chi connectivity index (χ1n) is 13.1. The molecule has 1 atom stereocenters. The van der Waals surface area contributed by atoms with E-state index in [1.54, 1.807) is 36.4 Å². The third-order valence-electron chi connectivity index (χ3n) is 7.29. The number of Topliss-reactive ketones (excluding diaryl/α,β-unsaturated/α-hetero) is 1. The Morgan fingerprint density at radius 3 is 2.33 bits per heavy atom. The van der Waals surface area contributed by atoms with Crippen molar-refractivity contribution in [1.29, 1.82) is 0 Å². The van der Waals surface area contributed by atoms with Crippen LogP contribution in [0.4, 0.5) is 0 Å². The van der Waals surface area contributed by atoms with Crippen LogP contribution in [0.15, 0.2) is 78.4 Å². The zero-order valence-corrected chi connectivity index (χ0v) is 21.9. The highest BCUT2D eigenvalue weighted by Gasteiger charge is 2.46. The monoisotopic (exact) mass is 528 g/mol. The quantitative estimate of drug-likeness (QED) is 0.259. The lowest BCUT2D eigenvalue weighted by atomic mass is 9.95. The van der Waals surface area contributed by atoms with Crippen LogP contribution in [-0.2, 0) is 20.9 Å². The number of aliphatic hydroxyl groups is 1. The molecule has 0 spiro atoms. The molecular weight excluding hydrogens is 496 g/mol. The molecule has 0 unspecified atom stereocenters. The van der Waals surface area contributed by atoms with Crippen LogP contribution in [0, 0.1) is 6.92 Å². The Balaban J connectivity index is 1.41. The summed E-state index contributed by atoms with van der Waals surface area (Å²) in [5, 5.41) is 21.1. The van der Waals surface area contributed by atoms with Gasteiger partial charge in [0, 0.05) is 31.7 Å². The topological polar surface area (TPSA) is 99.5 Å². The molecule has 2 heterocycles. The number of aliphatic hydroxyl groups excluding tert-OH is 1. The Morgan fingerprint density at radius 1 is 0.949 bits per heavy atom. The van der Waals surface area contributed by atoms with Crippen LogP contribution >= 0.6 is 0 Å². The summed E-state index contributed by atoms with van der Waals surface area (Å²) in [6, 6.07) is 20.4. The number of morpholine rings is 1. The van der Waals surface area contributed by atoms with Gasteiger partial charge in [-0.2, -0.15) is 0 Å². The van der Waals surface area contributed by atoms with Crippen LogP contribution in [0.2, 0.25) is 0 Å². The molecular formula is C31H32N2O6. The molecule has 2 fully saturated rings. The van der Waals surface area contributed by atoms with Crippen LogP contribution in [0.3, 0.4) is 0 Å². The third kappa shape index (κ3) is 5.82. The lowest BCUT2D eigenvalue weighted by Crippen LogP contribution is -2.42. The second kappa shape index (κ2) is 11.7. The van der Waals surface area contributed by atoms with Gasteiger partial charge in [-0.3, -0.25) is 14.5 Å². The van der Waals surface area contributed by atoms with E-state index in [1.807, 2.05) is 31.2 Å². The van der Waals surface area contributed by atoms with Gasteiger partial charge >= 0.3 is 0 Å². The van der Waals surface area contributed by atoms with Crippen LogP contribution in [0.25, 0.3) is 5.76 Å². The molecule has 0 saturated carbocycles. The molecule has 0 aromatic heterocycles. The SMILES string of the molecule is Cc1ccccc1COc1ccc(/C(O)=C2\C(=O)C(=O)N(CCN3CCOCC3)[C@@H]2c2ccc(O)cc2)cc1. The summed E-state index contributed by atoms with van der Waals surface area (Å²) < 4.78 is 11.3. The minimum absolute atomic E-state index is 0.0289. The maximum absolute atomic E-state index is 13.3. The Bertz CT molecular complexity index is 1360. The van der Waals surface area contributed by atoms with Gasteiger partial charge in [0.2, 0.25) is 0 Å². The van der Waals surface area contributed by atoms with E-state index in [1.165, 1.54) is 17.0 Å². The van der Waals surface area contributed by atoms with Gasteiger partial charge in [0.1, 0.15) is 23.9 Å². The molecule has 5 rings (SSSR count). The van der Waals surface area contributed by atoms with E-state index in [0.29, 0.717) is 49.8 Å². The Labute approximate surface area is 227 Å². The number of rotatable bonds is 8. The summed E-state index contributed by atoms with van der Waals surface area (Å²) in [5.74, 6) is -0.930. The van der Waals surface area contributed by atoms with Crippen molar-refractivity contribution in [3.8, 4) is 11.5 Å². The standard InChI is InChI=1S/C31H32N2O6/c1-21-4-2-3-5-24(21)20-39-26-12-8-23(9-13-26)29(35)27-28(22-6-10-25(34)11-7-22)33(31(37)30(27)36)15-14-32-16-18-38-19-17-32/h2-13,28,34-35H,14-20H2,1H3/b29-27+/t28-/m1/s1. The normalized spacial score (nSPS) is 19.4. The van der Waals surface area contributed by atoms with Gasteiger partial charge in [-0.15, -0.1) is 0 Å². The van der Waals surface area contributed by atoms with Crippen molar-refractivity contribution in [2.45, 2.75) is 19.6 Å². The number of amides is 1. The Kier molecular flexibility index (Phi) is 7.95. The van der Waals surface area contributed by atoms with E-state index in [2.05, 4.69) is 4.90 Å². The van der Waals surface area contributed by atoms with Gasteiger partial charge in [0.15, 0.2) is 0 Å². The molecule has 3 aromatic rings. The summed E-state index contributed by atoms with van der Waals surface area (Å²) in [4.78, 5) is 30.2. The van der Waals surface area contributed by atoms with Crippen LogP contribution < -0.4 is 4.74 Å². The molecule has 2 aliphatic heterocycles. The second-order valence-corrected chi connectivity index (χ2v) is 9.78. The molecule has 39 heavy (non-hydrogen) atoms. The number of benzene rings is 3. The molecule has 8 nitrogen and oxygen atoms in total. The van der Waals surface area contributed by atoms with Crippen molar-refractivity contribution in [3.63, 3.8) is 0 Å². The van der Waals surface area contributed by atoms with E-state index >= 15 is 0 Å². The molecule has 0 aliphatic carbocycles. The predicted octanol–water partition coefficient (Wildman–Crippen LogP) is 4.03. The average molecular weight is 529 g/mol. The number of hydrogen-bond acceptors (Lipinski definition) is 7. The maximum atomic E-state index is 13.3. The van der Waals surface area contributed by atoms with Gasteiger partial charge < -0.3 is 24.6 Å². The summed E-state index contributed by atoms with van der Waals surface area (Å²) in [5.41, 5.74) is 3.29. The number of likely N-dealkylation sites (tertiary alicyclic amines) is 1. The van der Waals surface area contributed by atoms with Crippen molar-refractivity contribution in [1.82, 2.24) is 9.80 Å². The number of phenols is 1. The molecule has 8 heteroatoms. The lowest BCUT2D eigenvalue weighted by Gasteiger charge is -2.31. The van der Waals surface area contributed by atoms with E-state index in [4.69, 9.17) is 9.47 Å². The molecule has 0 bridgehead atoms. The van der Waals surface area contributed by atoms with Crippen LogP contribution in [-0.4, -0.2) is 71.1 Å². The number of carbonyl (C=O) groups is 2. The van der Waals surface area contributed by atoms with E-state index in [9.17, 15) is 19.8 Å². The first kappa shape index (κ1) is 26.5. The smallest absolute Gasteiger partial charge is 0.295 e. The number of hydrogen-bond donors (Lipinski definition) is 2. The van der Waals surface area contributed by atoms with Crippen LogP contribution in [0.1, 0.15) is 28.3 Å². The van der Waals surface area contributed by atoms with Crippen molar-refractivity contribution in [3.05, 3.63) is 101 Å². The molecule has 0 radical (unpaired) electrons. The second-order valence-electron chi connectivity index (χ2n) is 9.78. The van der Waals surface area contributed by atoms with Gasteiger partial charge in [0.05, 0.1) is 24.8 Å².